The zero-order valence-corrected chi connectivity index (χ0v) is 12.8. The first-order valence-corrected chi connectivity index (χ1v) is 6.84. The van der Waals surface area contributed by atoms with Crippen molar-refractivity contribution >= 4 is 12.0 Å². The molecule has 1 rings (SSSR count). The summed E-state index contributed by atoms with van der Waals surface area (Å²) in [5.41, 5.74) is 0.400. The minimum Gasteiger partial charge on any atom is -0.456 e. The maximum Gasteiger partial charge on any atom is 0.331 e. The van der Waals surface area contributed by atoms with Crippen molar-refractivity contribution in [3.05, 3.63) is 54.6 Å². The number of allylic oxidation sites excluding steroid dienone is 1. The Labute approximate surface area is 122 Å². The van der Waals surface area contributed by atoms with E-state index in [0.29, 0.717) is 0 Å². The predicted octanol–water partition coefficient (Wildman–Crippen LogP) is 4.62. The van der Waals surface area contributed by atoms with Crippen LogP contribution >= 0.6 is 0 Å². The molecule has 1 aromatic carbocycles. The van der Waals surface area contributed by atoms with Crippen LogP contribution in [0.3, 0.4) is 0 Å². The molecule has 20 heavy (non-hydrogen) atoms. The third kappa shape index (κ3) is 5.87. The molecule has 0 radical (unpaired) electrons. The highest BCUT2D eigenvalue weighted by Gasteiger charge is 2.29. The number of hydrogen-bond donors (Lipinski definition) is 0. The Hall–Kier alpha value is -1.83. The SMILES string of the molecule is C=CC(C)(C)CC(C)(C)OC(=O)/C=C/c1ccccc1. The molecule has 0 spiro atoms. The summed E-state index contributed by atoms with van der Waals surface area (Å²) in [5.74, 6) is -0.321. The minimum absolute atomic E-state index is 0.0626. The molecule has 1 aromatic rings. The van der Waals surface area contributed by atoms with Crippen molar-refractivity contribution in [3.8, 4) is 0 Å². The number of esters is 1. The van der Waals surface area contributed by atoms with Crippen molar-refractivity contribution in [2.24, 2.45) is 5.41 Å². The third-order valence-electron chi connectivity index (χ3n) is 3.02. The Kier molecular flexibility index (Phi) is 5.32. The summed E-state index contributed by atoms with van der Waals surface area (Å²) in [5, 5.41) is 0. The van der Waals surface area contributed by atoms with Gasteiger partial charge in [-0.05, 0) is 37.3 Å². The van der Waals surface area contributed by atoms with E-state index in [1.54, 1.807) is 6.08 Å². The first-order chi connectivity index (χ1) is 9.24. The lowest BCUT2D eigenvalue weighted by Crippen LogP contribution is -2.32. The highest BCUT2D eigenvalue weighted by atomic mass is 16.6. The van der Waals surface area contributed by atoms with Crippen LogP contribution < -0.4 is 0 Å². The Morgan fingerprint density at radius 2 is 1.80 bits per heavy atom. The molecule has 108 valence electrons. The van der Waals surface area contributed by atoms with E-state index < -0.39 is 5.60 Å². The van der Waals surface area contributed by atoms with Crippen molar-refractivity contribution < 1.29 is 9.53 Å². The van der Waals surface area contributed by atoms with E-state index in [4.69, 9.17) is 4.74 Å². The van der Waals surface area contributed by atoms with Crippen LogP contribution in [0.25, 0.3) is 6.08 Å². The molecule has 2 heteroatoms. The van der Waals surface area contributed by atoms with Gasteiger partial charge < -0.3 is 4.74 Å². The zero-order valence-electron chi connectivity index (χ0n) is 12.8. The average molecular weight is 272 g/mol. The number of rotatable bonds is 6. The molecular formula is C18H24O2. The van der Waals surface area contributed by atoms with Crippen LogP contribution in [-0.2, 0) is 9.53 Å². The standard InChI is InChI=1S/C18H24O2/c1-6-17(2,3)14-18(4,5)20-16(19)13-12-15-10-8-7-9-11-15/h6-13H,1,14H2,2-5H3/b13-12+. The average Bonchev–Trinajstić information content (AvgIpc) is 2.36. The summed E-state index contributed by atoms with van der Waals surface area (Å²) in [6.07, 6.45) is 5.85. The summed E-state index contributed by atoms with van der Waals surface area (Å²) in [6, 6.07) is 9.69. The summed E-state index contributed by atoms with van der Waals surface area (Å²) >= 11 is 0. The van der Waals surface area contributed by atoms with Gasteiger partial charge in [-0.15, -0.1) is 6.58 Å². The van der Waals surface area contributed by atoms with Gasteiger partial charge in [0, 0.05) is 6.08 Å². The number of carbonyl (C=O) groups is 1. The zero-order chi connectivity index (χ0) is 15.2. The lowest BCUT2D eigenvalue weighted by Gasteiger charge is -2.32. The topological polar surface area (TPSA) is 26.3 Å². The molecule has 0 heterocycles. The van der Waals surface area contributed by atoms with Crippen LogP contribution in [0.1, 0.15) is 39.7 Å². The Bertz CT molecular complexity index is 481. The molecule has 2 nitrogen and oxygen atoms in total. The summed E-state index contributed by atoms with van der Waals surface area (Å²) in [6.45, 7) is 11.8. The monoisotopic (exact) mass is 272 g/mol. The Morgan fingerprint density at radius 3 is 2.35 bits per heavy atom. The molecule has 0 aliphatic heterocycles. The molecule has 0 aromatic heterocycles. The van der Waals surface area contributed by atoms with Crippen molar-refractivity contribution in [3.63, 3.8) is 0 Å². The van der Waals surface area contributed by atoms with Crippen molar-refractivity contribution in [1.82, 2.24) is 0 Å². The fraction of sp³-hybridized carbons (Fsp3) is 0.389. The third-order valence-corrected chi connectivity index (χ3v) is 3.02. The second kappa shape index (κ2) is 6.56. The quantitative estimate of drug-likeness (QED) is 0.429. The molecule has 0 fully saturated rings. The van der Waals surface area contributed by atoms with Crippen molar-refractivity contribution in [1.29, 1.82) is 0 Å². The van der Waals surface area contributed by atoms with E-state index in [2.05, 4.69) is 20.4 Å². The number of hydrogen-bond acceptors (Lipinski definition) is 2. The van der Waals surface area contributed by atoms with Crippen LogP contribution in [0.5, 0.6) is 0 Å². The van der Waals surface area contributed by atoms with Gasteiger partial charge in [-0.3, -0.25) is 0 Å². The van der Waals surface area contributed by atoms with Gasteiger partial charge in [-0.25, -0.2) is 4.79 Å². The van der Waals surface area contributed by atoms with E-state index in [0.717, 1.165) is 12.0 Å². The van der Waals surface area contributed by atoms with Gasteiger partial charge >= 0.3 is 5.97 Å². The highest BCUT2D eigenvalue weighted by Crippen LogP contribution is 2.31. The van der Waals surface area contributed by atoms with Gasteiger partial charge in [-0.1, -0.05) is 50.3 Å². The van der Waals surface area contributed by atoms with Crippen LogP contribution in [-0.4, -0.2) is 11.6 Å². The molecule has 0 saturated carbocycles. The first-order valence-electron chi connectivity index (χ1n) is 6.84. The van der Waals surface area contributed by atoms with Crippen LogP contribution in [0.2, 0.25) is 0 Å². The second-order valence-corrected chi connectivity index (χ2v) is 6.29. The van der Waals surface area contributed by atoms with Gasteiger partial charge in [0.05, 0.1) is 0 Å². The maximum absolute atomic E-state index is 11.9. The molecule has 0 atom stereocenters. The van der Waals surface area contributed by atoms with E-state index in [-0.39, 0.29) is 11.4 Å². The lowest BCUT2D eigenvalue weighted by molar-refractivity contribution is -0.152. The minimum atomic E-state index is -0.518. The molecule has 0 unspecified atom stereocenters. The molecular weight excluding hydrogens is 248 g/mol. The van der Waals surface area contributed by atoms with Gasteiger partial charge in [0.15, 0.2) is 0 Å². The summed E-state index contributed by atoms with van der Waals surface area (Å²) in [4.78, 5) is 11.9. The Balaban J connectivity index is 2.61. The maximum atomic E-state index is 11.9. The van der Waals surface area contributed by atoms with E-state index in [1.807, 2.05) is 50.3 Å². The van der Waals surface area contributed by atoms with Gasteiger partial charge in [-0.2, -0.15) is 0 Å². The van der Waals surface area contributed by atoms with E-state index in [1.165, 1.54) is 6.08 Å². The highest BCUT2D eigenvalue weighted by molar-refractivity contribution is 5.87. The molecule has 0 aliphatic rings. The fourth-order valence-corrected chi connectivity index (χ4v) is 2.24. The number of carbonyl (C=O) groups excluding carboxylic acids is 1. The second-order valence-electron chi connectivity index (χ2n) is 6.29. The van der Waals surface area contributed by atoms with Crippen molar-refractivity contribution in [2.75, 3.05) is 0 Å². The summed E-state index contributed by atoms with van der Waals surface area (Å²) < 4.78 is 5.52. The van der Waals surface area contributed by atoms with Crippen LogP contribution in [0.15, 0.2) is 49.1 Å². The summed E-state index contributed by atoms with van der Waals surface area (Å²) in [7, 11) is 0. The first kappa shape index (κ1) is 16.2. The van der Waals surface area contributed by atoms with E-state index in [9.17, 15) is 4.79 Å². The normalized spacial score (nSPS) is 12.4. The fourth-order valence-electron chi connectivity index (χ4n) is 2.24. The number of benzene rings is 1. The largest absolute Gasteiger partial charge is 0.456 e. The lowest BCUT2D eigenvalue weighted by atomic mass is 9.82. The molecule has 0 saturated heterocycles. The Morgan fingerprint density at radius 1 is 1.20 bits per heavy atom. The predicted molar refractivity (Wildman–Crippen MR) is 84.2 cm³/mol. The number of ether oxygens (including phenoxy) is 1. The van der Waals surface area contributed by atoms with Gasteiger partial charge in [0.1, 0.15) is 5.60 Å². The molecule has 0 bridgehead atoms. The van der Waals surface area contributed by atoms with Crippen molar-refractivity contribution in [2.45, 2.75) is 39.7 Å². The van der Waals surface area contributed by atoms with E-state index >= 15 is 0 Å². The van der Waals surface area contributed by atoms with Crippen LogP contribution in [0.4, 0.5) is 0 Å². The van der Waals surface area contributed by atoms with Crippen LogP contribution in [0, 0.1) is 5.41 Å². The van der Waals surface area contributed by atoms with Gasteiger partial charge in [0.2, 0.25) is 0 Å². The molecule has 0 N–H and O–H groups in total. The smallest absolute Gasteiger partial charge is 0.331 e. The molecule has 0 amide bonds. The molecule has 0 aliphatic carbocycles. The van der Waals surface area contributed by atoms with Gasteiger partial charge in [0.25, 0.3) is 0 Å².